The van der Waals surface area contributed by atoms with E-state index < -0.39 is 31.5 Å². The second kappa shape index (κ2) is 7.17. The standard InChI is InChI=1S/C13H18ClN3O5S4/c1-13(2,3)17(4)25(19,20)12-10(18)9(7-24-12)16-26(21,22)15-8-5-6-23-11(8)14/h5-7,15-16,18H,1-4H3. The molecule has 0 aliphatic heterocycles. The van der Waals surface area contributed by atoms with Gasteiger partial charge < -0.3 is 5.11 Å². The Labute approximate surface area is 165 Å². The highest BCUT2D eigenvalue weighted by molar-refractivity contribution is 7.94. The molecule has 146 valence electrons. The van der Waals surface area contributed by atoms with E-state index in [2.05, 4.69) is 9.44 Å². The lowest BCUT2D eigenvalue weighted by atomic mass is 10.1. The Kier molecular flexibility index (Phi) is 5.86. The normalized spacial score (nSPS) is 13.2. The number of rotatable bonds is 6. The topological polar surface area (TPSA) is 116 Å². The van der Waals surface area contributed by atoms with Crippen molar-refractivity contribution in [1.29, 1.82) is 0 Å². The van der Waals surface area contributed by atoms with Crippen LogP contribution in [0.3, 0.4) is 0 Å². The second-order valence-corrected chi connectivity index (χ2v) is 12.2. The van der Waals surface area contributed by atoms with E-state index in [4.69, 9.17) is 11.6 Å². The fraction of sp³-hybridized carbons (Fsp3) is 0.385. The van der Waals surface area contributed by atoms with Crippen LogP contribution in [0.25, 0.3) is 0 Å². The first kappa shape index (κ1) is 21.3. The minimum Gasteiger partial charge on any atom is -0.504 e. The van der Waals surface area contributed by atoms with Gasteiger partial charge in [-0.05, 0) is 32.2 Å². The molecule has 2 aromatic rings. The summed E-state index contributed by atoms with van der Waals surface area (Å²) >= 11 is 7.72. The summed E-state index contributed by atoms with van der Waals surface area (Å²) in [5.74, 6) is -0.659. The molecule has 0 saturated carbocycles. The Morgan fingerprint density at radius 1 is 1.12 bits per heavy atom. The number of nitrogens with one attached hydrogen (secondary N) is 2. The zero-order valence-corrected chi connectivity index (χ0v) is 18.3. The number of anilines is 2. The van der Waals surface area contributed by atoms with Gasteiger partial charge in [-0.15, -0.1) is 22.7 Å². The maximum Gasteiger partial charge on any atom is 0.321 e. The molecule has 0 amide bonds. The minimum atomic E-state index is -4.12. The molecule has 13 heteroatoms. The minimum absolute atomic E-state index is 0.180. The summed E-state index contributed by atoms with van der Waals surface area (Å²) in [6, 6.07) is 1.48. The van der Waals surface area contributed by atoms with Gasteiger partial charge >= 0.3 is 10.2 Å². The van der Waals surface area contributed by atoms with Gasteiger partial charge in [0.05, 0.1) is 5.69 Å². The van der Waals surface area contributed by atoms with Crippen molar-refractivity contribution in [2.75, 3.05) is 16.5 Å². The van der Waals surface area contributed by atoms with Gasteiger partial charge in [0, 0.05) is 18.0 Å². The molecule has 2 rings (SSSR count). The smallest absolute Gasteiger partial charge is 0.321 e. The SMILES string of the molecule is CN(C(C)(C)C)S(=O)(=O)c1scc(NS(=O)(=O)Nc2ccsc2Cl)c1O. The zero-order chi connectivity index (χ0) is 19.9. The highest BCUT2D eigenvalue weighted by atomic mass is 35.5. The summed E-state index contributed by atoms with van der Waals surface area (Å²) in [6.45, 7) is 5.11. The van der Waals surface area contributed by atoms with Crippen LogP contribution < -0.4 is 9.44 Å². The molecule has 0 fully saturated rings. The summed E-state index contributed by atoms with van der Waals surface area (Å²) in [5.41, 5.74) is -0.777. The van der Waals surface area contributed by atoms with Crippen LogP contribution in [0.5, 0.6) is 5.75 Å². The third-order valence-electron chi connectivity index (χ3n) is 3.38. The molecule has 0 atom stereocenters. The molecule has 8 nitrogen and oxygen atoms in total. The van der Waals surface area contributed by atoms with Crippen LogP contribution in [0, 0.1) is 0 Å². The molecule has 3 N–H and O–H groups in total. The van der Waals surface area contributed by atoms with Crippen LogP contribution in [-0.2, 0) is 20.2 Å². The number of aromatic hydroxyl groups is 1. The molecular weight excluding hydrogens is 442 g/mol. The van der Waals surface area contributed by atoms with Crippen molar-refractivity contribution in [1.82, 2.24) is 4.31 Å². The van der Waals surface area contributed by atoms with Gasteiger partial charge in [0.25, 0.3) is 10.0 Å². The lowest BCUT2D eigenvalue weighted by molar-refractivity contribution is 0.291. The first-order chi connectivity index (χ1) is 11.8. The van der Waals surface area contributed by atoms with E-state index in [1.54, 1.807) is 26.2 Å². The van der Waals surface area contributed by atoms with E-state index in [1.807, 2.05) is 0 Å². The molecule has 0 spiro atoms. The van der Waals surface area contributed by atoms with Crippen LogP contribution in [0.2, 0.25) is 4.34 Å². The first-order valence-corrected chi connectivity index (χ1v) is 12.1. The number of sulfonamides is 1. The number of hydrogen-bond acceptors (Lipinski definition) is 7. The van der Waals surface area contributed by atoms with Gasteiger partial charge in [-0.1, -0.05) is 11.6 Å². The first-order valence-electron chi connectivity index (χ1n) is 7.09. The summed E-state index contributed by atoms with van der Waals surface area (Å²) in [7, 11) is -6.73. The van der Waals surface area contributed by atoms with E-state index >= 15 is 0 Å². The van der Waals surface area contributed by atoms with Crippen molar-refractivity contribution in [3.05, 3.63) is 21.2 Å². The average Bonchev–Trinajstić information content (AvgIpc) is 3.04. The average molecular weight is 460 g/mol. The highest BCUT2D eigenvalue weighted by Gasteiger charge is 2.35. The summed E-state index contributed by atoms with van der Waals surface area (Å²) < 4.78 is 55.0. The number of halogens is 1. The van der Waals surface area contributed by atoms with E-state index in [0.717, 1.165) is 27.0 Å². The maximum atomic E-state index is 12.6. The molecule has 0 bridgehead atoms. The van der Waals surface area contributed by atoms with Crippen molar-refractivity contribution in [2.45, 2.75) is 30.5 Å². The van der Waals surface area contributed by atoms with Gasteiger partial charge in [-0.25, -0.2) is 8.42 Å². The Bertz CT molecular complexity index is 1000. The van der Waals surface area contributed by atoms with Crippen LogP contribution in [0.4, 0.5) is 11.4 Å². The molecule has 0 aromatic carbocycles. The molecule has 0 unspecified atom stereocenters. The highest BCUT2D eigenvalue weighted by Crippen LogP contribution is 2.40. The van der Waals surface area contributed by atoms with Gasteiger partial charge in [-0.3, -0.25) is 9.44 Å². The third kappa shape index (κ3) is 4.43. The van der Waals surface area contributed by atoms with Gasteiger partial charge in [0.1, 0.15) is 10.0 Å². The Morgan fingerprint density at radius 2 is 1.69 bits per heavy atom. The Balaban J connectivity index is 2.31. The van der Waals surface area contributed by atoms with Crippen molar-refractivity contribution in [3.63, 3.8) is 0 Å². The molecule has 26 heavy (non-hydrogen) atoms. The van der Waals surface area contributed by atoms with Crippen LogP contribution in [0.1, 0.15) is 20.8 Å². The van der Waals surface area contributed by atoms with Crippen LogP contribution in [-0.4, -0.2) is 38.8 Å². The number of hydrogen-bond donors (Lipinski definition) is 3. The molecular formula is C13H18ClN3O5S4. The van der Waals surface area contributed by atoms with Gasteiger partial charge in [0.15, 0.2) is 9.96 Å². The molecule has 0 aliphatic carbocycles. The Hall–Kier alpha value is -1.05. The van der Waals surface area contributed by atoms with Crippen molar-refractivity contribution < 1.29 is 21.9 Å². The van der Waals surface area contributed by atoms with Gasteiger partial charge in [0.2, 0.25) is 0 Å². The quantitative estimate of drug-likeness (QED) is 0.612. The monoisotopic (exact) mass is 459 g/mol. The van der Waals surface area contributed by atoms with E-state index in [0.29, 0.717) is 0 Å². The molecule has 2 heterocycles. The molecule has 0 saturated heterocycles. The van der Waals surface area contributed by atoms with E-state index in [9.17, 15) is 21.9 Å². The fourth-order valence-electron chi connectivity index (χ4n) is 1.75. The number of nitrogens with zero attached hydrogens (tertiary/aromatic N) is 1. The zero-order valence-electron chi connectivity index (χ0n) is 14.3. The molecule has 0 radical (unpaired) electrons. The third-order valence-corrected chi connectivity index (χ3v) is 9.14. The number of thiophene rings is 2. The lowest BCUT2D eigenvalue weighted by Crippen LogP contribution is -2.42. The molecule has 0 aliphatic rings. The second-order valence-electron chi connectivity index (χ2n) is 6.24. The predicted octanol–water partition coefficient (Wildman–Crippen LogP) is 3.36. The maximum absolute atomic E-state index is 12.6. The van der Waals surface area contributed by atoms with E-state index in [-0.39, 0.29) is 19.9 Å². The van der Waals surface area contributed by atoms with Crippen molar-refractivity contribution in [3.8, 4) is 5.75 Å². The van der Waals surface area contributed by atoms with Crippen molar-refractivity contribution >= 4 is 65.9 Å². The largest absolute Gasteiger partial charge is 0.504 e. The van der Waals surface area contributed by atoms with E-state index in [1.165, 1.54) is 18.5 Å². The van der Waals surface area contributed by atoms with Gasteiger partial charge in [-0.2, -0.15) is 12.7 Å². The van der Waals surface area contributed by atoms with Crippen LogP contribution in [0.15, 0.2) is 21.0 Å². The van der Waals surface area contributed by atoms with Crippen molar-refractivity contribution in [2.24, 2.45) is 0 Å². The van der Waals surface area contributed by atoms with Crippen LogP contribution >= 0.6 is 34.3 Å². The molecule has 2 aromatic heterocycles. The summed E-state index contributed by atoms with van der Waals surface area (Å²) in [5, 5.41) is 13.1. The summed E-state index contributed by atoms with van der Waals surface area (Å²) in [4.78, 5) is 0. The fourth-order valence-corrected chi connectivity index (χ4v) is 6.65. The summed E-state index contributed by atoms with van der Waals surface area (Å²) in [6.07, 6.45) is 0. The predicted molar refractivity (Wildman–Crippen MR) is 106 cm³/mol. The lowest BCUT2D eigenvalue weighted by Gasteiger charge is -2.30. The Morgan fingerprint density at radius 3 is 2.19 bits per heavy atom.